The first-order chi connectivity index (χ1) is 14.6. The van der Waals surface area contributed by atoms with Gasteiger partial charge in [-0.05, 0) is 36.8 Å². The summed E-state index contributed by atoms with van der Waals surface area (Å²) in [6, 6.07) is 10.4. The van der Waals surface area contributed by atoms with E-state index in [0.29, 0.717) is 17.3 Å². The van der Waals surface area contributed by atoms with Crippen molar-refractivity contribution in [1.29, 1.82) is 0 Å². The Morgan fingerprint density at radius 1 is 1.10 bits per heavy atom. The molecule has 0 saturated heterocycles. The average Bonchev–Trinajstić information content (AvgIpc) is 2.69. The molecule has 0 bridgehead atoms. The number of alkyl halides is 3. The second-order valence-electron chi connectivity index (χ2n) is 6.51. The Morgan fingerprint density at radius 3 is 2.42 bits per heavy atom. The summed E-state index contributed by atoms with van der Waals surface area (Å²) < 4.78 is 38.3. The summed E-state index contributed by atoms with van der Waals surface area (Å²) >= 11 is 5.91. The van der Waals surface area contributed by atoms with E-state index in [1.807, 2.05) is 0 Å². The Balaban J connectivity index is 1.75. The molecule has 1 aromatic heterocycles. The minimum absolute atomic E-state index is 0.0238. The molecule has 0 unspecified atom stereocenters. The molecule has 2 aromatic carbocycles. The molecule has 0 fully saturated rings. The van der Waals surface area contributed by atoms with Crippen LogP contribution in [0.25, 0.3) is 11.3 Å². The van der Waals surface area contributed by atoms with Crippen molar-refractivity contribution >= 4 is 29.2 Å². The van der Waals surface area contributed by atoms with Crippen LogP contribution in [0.15, 0.2) is 54.7 Å². The van der Waals surface area contributed by atoms with Gasteiger partial charge in [-0.1, -0.05) is 35.9 Å². The van der Waals surface area contributed by atoms with Gasteiger partial charge in [0.15, 0.2) is 0 Å². The predicted molar refractivity (Wildman–Crippen MR) is 109 cm³/mol. The molecule has 0 spiro atoms. The zero-order chi connectivity index (χ0) is 22.8. The third-order valence-corrected chi connectivity index (χ3v) is 4.59. The van der Waals surface area contributed by atoms with Crippen molar-refractivity contribution in [2.75, 3.05) is 5.32 Å². The number of hydrogen-bond donors (Lipinski definition) is 3. The highest BCUT2D eigenvalue weighted by Gasteiger charge is 2.31. The van der Waals surface area contributed by atoms with Crippen molar-refractivity contribution in [3.8, 4) is 17.0 Å². The molecule has 0 aliphatic carbocycles. The van der Waals surface area contributed by atoms with Gasteiger partial charge in [-0.3, -0.25) is 15.1 Å². The van der Waals surface area contributed by atoms with Crippen molar-refractivity contribution in [2.24, 2.45) is 0 Å². The molecular formula is C21H15ClF3N3O3. The summed E-state index contributed by atoms with van der Waals surface area (Å²) in [6.07, 6.45) is -3.96. The Hall–Kier alpha value is -3.59. The van der Waals surface area contributed by atoms with Gasteiger partial charge in [0.1, 0.15) is 5.75 Å². The third-order valence-electron chi connectivity index (χ3n) is 4.30. The van der Waals surface area contributed by atoms with Crippen LogP contribution in [0.2, 0.25) is 5.02 Å². The first-order valence-corrected chi connectivity index (χ1v) is 9.18. The lowest BCUT2D eigenvalue weighted by Crippen LogP contribution is -2.34. The van der Waals surface area contributed by atoms with E-state index in [1.54, 1.807) is 31.2 Å². The lowest BCUT2D eigenvalue weighted by molar-refractivity contribution is -0.137. The molecule has 3 amide bonds. The molecule has 160 valence electrons. The summed E-state index contributed by atoms with van der Waals surface area (Å²) in [6.45, 7) is 1.72. The van der Waals surface area contributed by atoms with Crippen molar-refractivity contribution in [3.05, 3.63) is 76.4 Å². The monoisotopic (exact) mass is 449 g/mol. The topological polar surface area (TPSA) is 91.3 Å². The lowest BCUT2D eigenvalue weighted by atomic mass is 10.1. The zero-order valence-corrected chi connectivity index (χ0v) is 16.7. The molecule has 6 nitrogen and oxygen atoms in total. The van der Waals surface area contributed by atoms with E-state index < -0.39 is 29.4 Å². The fourth-order valence-corrected chi connectivity index (χ4v) is 3.02. The van der Waals surface area contributed by atoms with E-state index in [-0.39, 0.29) is 22.0 Å². The molecule has 0 atom stereocenters. The molecular weight excluding hydrogens is 435 g/mol. The standard InChI is InChI=1S/C21H15ClF3N3O3/c1-11-4-2-3-5-14(11)19(30)28-20(31)27-16-7-6-12(8-17(16)29)18-15(22)9-13(10-26-18)21(23,24)25/h2-10,29H,1H3,(H2,27,28,30,31). The van der Waals surface area contributed by atoms with Crippen LogP contribution in [0, 0.1) is 6.92 Å². The number of carbonyl (C=O) groups excluding carboxylic acids is 2. The normalized spacial score (nSPS) is 11.1. The lowest BCUT2D eigenvalue weighted by Gasteiger charge is -2.12. The largest absolute Gasteiger partial charge is 0.506 e. The van der Waals surface area contributed by atoms with Crippen LogP contribution >= 0.6 is 11.6 Å². The van der Waals surface area contributed by atoms with E-state index in [1.165, 1.54) is 18.2 Å². The first kappa shape index (κ1) is 22.1. The number of aromatic nitrogens is 1. The van der Waals surface area contributed by atoms with E-state index in [2.05, 4.69) is 15.6 Å². The number of nitrogens with one attached hydrogen (secondary N) is 2. The summed E-state index contributed by atoms with van der Waals surface area (Å²) in [4.78, 5) is 28.0. The van der Waals surface area contributed by atoms with Crippen molar-refractivity contribution in [3.63, 3.8) is 0 Å². The van der Waals surface area contributed by atoms with Gasteiger partial charge in [0.25, 0.3) is 5.91 Å². The number of anilines is 1. The maximum Gasteiger partial charge on any atom is 0.417 e. The van der Waals surface area contributed by atoms with E-state index in [0.717, 1.165) is 6.07 Å². The number of phenols is 1. The second-order valence-corrected chi connectivity index (χ2v) is 6.91. The number of phenolic OH excluding ortho intramolecular Hbond substituents is 1. The molecule has 3 aromatic rings. The number of aromatic hydroxyl groups is 1. The summed E-state index contributed by atoms with van der Waals surface area (Å²) in [5.41, 5.74) is 0.232. The molecule has 3 rings (SSSR count). The molecule has 0 radical (unpaired) electrons. The number of pyridine rings is 1. The number of benzene rings is 2. The molecule has 10 heteroatoms. The quantitative estimate of drug-likeness (QED) is 0.467. The van der Waals surface area contributed by atoms with Gasteiger partial charge in [-0.2, -0.15) is 13.2 Å². The van der Waals surface area contributed by atoms with Gasteiger partial charge >= 0.3 is 12.2 Å². The van der Waals surface area contributed by atoms with Crippen molar-refractivity contribution in [1.82, 2.24) is 10.3 Å². The molecule has 0 saturated carbocycles. The number of hydrogen-bond acceptors (Lipinski definition) is 4. The highest BCUT2D eigenvalue weighted by atomic mass is 35.5. The van der Waals surface area contributed by atoms with Gasteiger partial charge in [0, 0.05) is 17.3 Å². The van der Waals surface area contributed by atoms with Crippen molar-refractivity contribution < 1.29 is 27.9 Å². The predicted octanol–water partition coefficient (Wildman–Crippen LogP) is 5.40. The maximum absolute atomic E-state index is 12.8. The third kappa shape index (κ3) is 5.13. The van der Waals surface area contributed by atoms with Crippen LogP contribution in [0.4, 0.5) is 23.7 Å². The van der Waals surface area contributed by atoms with Gasteiger partial charge in [-0.25, -0.2) is 4.79 Å². The Bertz CT molecular complexity index is 1170. The second kappa shape index (κ2) is 8.65. The Morgan fingerprint density at radius 2 is 1.81 bits per heavy atom. The molecule has 1 heterocycles. The van der Waals surface area contributed by atoms with Crippen LogP contribution in [0.3, 0.4) is 0 Å². The highest BCUT2D eigenvalue weighted by Crippen LogP contribution is 2.36. The van der Waals surface area contributed by atoms with Crippen LogP contribution in [-0.4, -0.2) is 22.0 Å². The van der Waals surface area contributed by atoms with E-state index in [4.69, 9.17) is 11.6 Å². The molecule has 0 aliphatic heterocycles. The van der Waals surface area contributed by atoms with Crippen LogP contribution in [0.1, 0.15) is 21.5 Å². The van der Waals surface area contributed by atoms with Gasteiger partial charge in [0.05, 0.1) is 22.0 Å². The smallest absolute Gasteiger partial charge is 0.417 e. The Kier molecular flexibility index (Phi) is 6.16. The number of amides is 3. The number of nitrogens with zero attached hydrogens (tertiary/aromatic N) is 1. The number of rotatable bonds is 3. The first-order valence-electron chi connectivity index (χ1n) is 8.80. The number of aryl methyl sites for hydroxylation is 1. The maximum atomic E-state index is 12.8. The SMILES string of the molecule is Cc1ccccc1C(=O)NC(=O)Nc1ccc(-c2ncc(C(F)(F)F)cc2Cl)cc1O. The number of halogens is 4. The van der Waals surface area contributed by atoms with Crippen LogP contribution < -0.4 is 10.6 Å². The minimum atomic E-state index is -4.59. The Labute approximate surface area is 179 Å². The highest BCUT2D eigenvalue weighted by molar-refractivity contribution is 6.33. The summed E-state index contributed by atoms with van der Waals surface area (Å²) in [5.74, 6) is -1.01. The fourth-order valence-electron chi connectivity index (χ4n) is 2.74. The van der Waals surface area contributed by atoms with Crippen molar-refractivity contribution in [2.45, 2.75) is 13.1 Å². The van der Waals surface area contributed by atoms with Gasteiger partial charge in [-0.15, -0.1) is 0 Å². The van der Waals surface area contributed by atoms with E-state index in [9.17, 15) is 27.9 Å². The summed E-state index contributed by atoms with van der Waals surface area (Å²) in [5, 5.41) is 14.4. The van der Waals surface area contributed by atoms with Crippen LogP contribution in [-0.2, 0) is 6.18 Å². The molecule has 0 aliphatic rings. The van der Waals surface area contributed by atoms with Crippen LogP contribution in [0.5, 0.6) is 5.75 Å². The number of urea groups is 1. The van der Waals surface area contributed by atoms with Gasteiger partial charge in [0.2, 0.25) is 0 Å². The minimum Gasteiger partial charge on any atom is -0.506 e. The molecule has 31 heavy (non-hydrogen) atoms. The zero-order valence-electron chi connectivity index (χ0n) is 15.9. The average molecular weight is 450 g/mol. The summed E-state index contributed by atoms with van der Waals surface area (Å²) in [7, 11) is 0. The van der Waals surface area contributed by atoms with E-state index >= 15 is 0 Å². The number of imide groups is 1. The number of carbonyl (C=O) groups is 2. The fraction of sp³-hybridized carbons (Fsp3) is 0.0952. The van der Waals surface area contributed by atoms with Gasteiger partial charge < -0.3 is 10.4 Å². The molecule has 3 N–H and O–H groups in total.